The van der Waals surface area contributed by atoms with Crippen LogP contribution >= 0.6 is 0 Å². The van der Waals surface area contributed by atoms with E-state index in [0.717, 1.165) is 13.2 Å². The number of hydrogen-bond donors (Lipinski definition) is 1. The van der Waals surface area contributed by atoms with E-state index in [4.69, 9.17) is 4.74 Å². The molecule has 9 heteroatoms. The molecule has 0 aromatic carbocycles. The van der Waals surface area contributed by atoms with E-state index in [1.807, 2.05) is 0 Å². The fourth-order valence-electron chi connectivity index (χ4n) is 1.75. The van der Waals surface area contributed by atoms with Crippen molar-refractivity contribution in [3.63, 3.8) is 0 Å². The summed E-state index contributed by atoms with van der Waals surface area (Å²) in [6.07, 6.45) is -5.75. The van der Waals surface area contributed by atoms with Gasteiger partial charge in [-0.15, -0.1) is 0 Å². The SMILES string of the molecule is COC(=O)C(Cc1cccc(C(F)(F)F)n1)NC(=O)OC(C)(C)C. The molecule has 1 aromatic heterocycles. The number of ether oxygens (including phenoxy) is 2. The summed E-state index contributed by atoms with van der Waals surface area (Å²) in [5.74, 6) is -0.819. The van der Waals surface area contributed by atoms with E-state index in [1.54, 1.807) is 20.8 Å². The molecule has 0 spiro atoms. The standard InChI is InChI=1S/C15H19F3N2O4/c1-14(2,3)24-13(22)20-10(12(21)23-4)8-9-6-5-7-11(19-9)15(16,17)18/h5-7,10H,8H2,1-4H3,(H,20,22). The van der Waals surface area contributed by atoms with Crippen molar-refractivity contribution in [1.82, 2.24) is 10.3 Å². The van der Waals surface area contributed by atoms with Crippen molar-refractivity contribution < 1.29 is 32.2 Å². The van der Waals surface area contributed by atoms with Gasteiger partial charge in [0.25, 0.3) is 0 Å². The smallest absolute Gasteiger partial charge is 0.433 e. The number of carbonyl (C=O) groups excluding carboxylic acids is 2. The summed E-state index contributed by atoms with van der Waals surface area (Å²) in [7, 11) is 1.10. The lowest BCUT2D eigenvalue weighted by molar-refractivity contribution is -0.143. The van der Waals surface area contributed by atoms with Gasteiger partial charge in [0.1, 0.15) is 17.3 Å². The van der Waals surface area contributed by atoms with Gasteiger partial charge in [0.05, 0.1) is 7.11 Å². The van der Waals surface area contributed by atoms with Gasteiger partial charge >= 0.3 is 18.2 Å². The fraction of sp³-hybridized carbons (Fsp3) is 0.533. The molecule has 0 fully saturated rings. The molecule has 1 unspecified atom stereocenters. The number of alkyl carbamates (subject to hydrolysis) is 1. The Morgan fingerprint density at radius 3 is 2.38 bits per heavy atom. The molecule has 0 radical (unpaired) electrons. The first kappa shape index (κ1) is 19.7. The van der Waals surface area contributed by atoms with E-state index < -0.39 is 35.6 Å². The fourth-order valence-corrected chi connectivity index (χ4v) is 1.75. The summed E-state index contributed by atoms with van der Waals surface area (Å²) in [6.45, 7) is 4.90. The second-order valence-electron chi connectivity index (χ2n) is 5.94. The van der Waals surface area contributed by atoms with E-state index >= 15 is 0 Å². The topological polar surface area (TPSA) is 77.5 Å². The van der Waals surface area contributed by atoms with Crippen molar-refractivity contribution in [2.75, 3.05) is 7.11 Å². The third kappa shape index (κ3) is 6.43. The van der Waals surface area contributed by atoms with E-state index in [2.05, 4.69) is 15.0 Å². The van der Waals surface area contributed by atoms with Gasteiger partial charge in [-0.2, -0.15) is 13.2 Å². The maximum absolute atomic E-state index is 12.7. The Balaban J connectivity index is 2.91. The van der Waals surface area contributed by atoms with Crippen molar-refractivity contribution in [1.29, 1.82) is 0 Å². The monoisotopic (exact) mass is 348 g/mol. The Morgan fingerprint density at radius 2 is 1.88 bits per heavy atom. The van der Waals surface area contributed by atoms with Crippen LogP contribution in [-0.4, -0.2) is 35.8 Å². The van der Waals surface area contributed by atoms with Crippen LogP contribution in [0.1, 0.15) is 32.2 Å². The molecule has 1 rings (SSSR count). The lowest BCUT2D eigenvalue weighted by Crippen LogP contribution is -2.45. The molecule has 24 heavy (non-hydrogen) atoms. The van der Waals surface area contributed by atoms with Crippen LogP contribution in [0.4, 0.5) is 18.0 Å². The third-order valence-electron chi connectivity index (χ3n) is 2.69. The number of aromatic nitrogens is 1. The Kier molecular flexibility index (Phi) is 6.16. The van der Waals surface area contributed by atoms with Crippen LogP contribution in [0.25, 0.3) is 0 Å². The quantitative estimate of drug-likeness (QED) is 0.847. The van der Waals surface area contributed by atoms with Crippen molar-refractivity contribution in [3.8, 4) is 0 Å². The largest absolute Gasteiger partial charge is 0.467 e. The van der Waals surface area contributed by atoms with Gasteiger partial charge in [0, 0.05) is 12.1 Å². The molecule has 0 saturated carbocycles. The maximum atomic E-state index is 12.7. The van der Waals surface area contributed by atoms with E-state index in [9.17, 15) is 22.8 Å². The van der Waals surface area contributed by atoms with Gasteiger partial charge in [-0.3, -0.25) is 0 Å². The number of nitrogens with one attached hydrogen (secondary N) is 1. The number of esters is 1. The number of amides is 1. The summed E-state index contributed by atoms with van der Waals surface area (Å²) in [4.78, 5) is 27.0. The molecule has 1 heterocycles. The molecular weight excluding hydrogens is 329 g/mol. The van der Waals surface area contributed by atoms with Crippen LogP contribution < -0.4 is 5.32 Å². The first-order valence-electron chi connectivity index (χ1n) is 7.03. The summed E-state index contributed by atoms with van der Waals surface area (Å²) in [6, 6.07) is 2.09. The molecule has 0 aliphatic heterocycles. The molecule has 0 bridgehead atoms. The van der Waals surface area contributed by atoms with E-state index in [-0.39, 0.29) is 12.1 Å². The van der Waals surface area contributed by atoms with Gasteiger partial charge in [-0.05, 0) is 32.9 Å². The highest BCUT2D eigenvalue weighted by Crippen LogP contribution is 2.27. The minimum absolute atomic E-state index is 0.0173. The van der Waals surface area contributed by atoms with Crippen LogP contribution in [0, 0.1) is 0 Å². The zero-order valence-electron chi connectivity index (χ0n) is 13.7. The van der Waals surface area contributed by atoms with Crippen molar-refractivity contribution in [2.45, 2.75) is 45.0 Å². The van der Waals surface area contributed by atoms with Gasteiger partial charge in [0.15, 0.2) is 0 Å². The summed E-state index contributed by atoms with van der Waals surface area (Å²) in [5.41, 5.74) is -1.89. The lowest BCUT2D eigenvalue weighted by Gasteiger charge is -2.22. The average molecular weight is 348 g/mol. The zero-order valence-corrected chi connectivity index (χ0v) is 13.7. The third-order valence-corrected chi connectivity index (χ3v) is 2.69. The maximum Gasteiger partial charge on any atom is 0.433 e. The van der Waals surface area contributed by atoms with Crippen LogP contribution in [0.3, 0.4) is 0 Å². The van der Waals surface area contributed by atoms with Crippen LogP contribution in [0.5, 0.6) is 0 Å². The van der Waals surface area contributed by atoms with E-state index in [1.165, 1.54) is 12.1 Å². The molecule has 0 aliphatic carbocycles. The number of pyridine rings is 1. The number of methoxy groups -OCH3 is 1. The first-order valence-corrected chi connectivity index (χ1v) is 7.03. The van der Waals surface area contributed by atoms with E-state index in [0.29, 0.717) is 0 Å². The Morgan fingerprint density at radius 1 is 1.25 bits per heavy atom. The molecule has 1 N–H and O–H groups in total. The Labute approximate surface area is 137 Å². The summed E-state index contributed by atoms with van der Waals surface area (Å²) in [5, 5.41) is 2.27. The summed E-state index contributed by atoms with van der Waals surface area (Å²) < 4.78 is 47.6. The average Bonchev–Trinajstić information content (AvgIpc) is 2.43. The number of halogens is 3. The van der Waals surface area contributed by atoms with Crippen LogP contribution in [-0.2, 0) is 26.9 Å². The second kappa shape index (κ2) is 7.50. The highest BCUT2D eigenvalue weighted by atomic mass is 19.4. The molecule has 1 aromatic rings. The second-order valence-corrected chi connectivity index (χ2v) is 5.94. The highest BCUT2D eigenvalue weighted by Gasteiger charge is 2.33. The van der Waals surface area contributed by atoms with Gasteiger partial charge in [-0.1, -0.05) is 6.07 Å². The summed E-state index contributed by atoms with van der Waals surface area (Å²) >= 11 is 0. The number of rotatable bonds is 4. The van der Waals surface area contributed by atoms with Gasteiger partial charge in [-0.25, -0.2) is 14.6 Å². The lowest BCUT2D eigenvalue weighted by atomic mass is 10.1. The molecule has 1 atom stereocenters. The molecule has 1 amide bonds. The molecule has 134 valence electrons. The zero-order chi connectivity index (χ0) is 18.5. The van der Waals surface area contributed by atoms with Crippen molar-refractivity contribution >= 4 is 12.1 Å². The molecular formula is C15H19F3N2O4. The Hall–Kier alpha value is -2.32. The number of nitrogens with zero attached hydrogens (tertiary/aromatic N) is 1. The molecule has 0 saturated heterocycles. The van der Waals surface area contributed by atoms with Crippen molar-refractivity contribution in [2.24, 2.45) is 0 Å². The number of carbonyl (C=O) groups is 2. The minimum Gasteiger partial charge on any atom is -0.467 e. The van der Waals surface area contributed by atoms with Crippen molar-refractivity contribution in [3.05, 3.63) is 29.6 Å². The van der Waals surface area contributed by atoms with Crippen LogP contribution in [0.15, 0.2) is 18.2 Å². The highest BCUT2D eigenvalue weighted by molar-refractivity contribution is 5.81. The number of alkyl halides is 3. The van der Waals surface area contributed by atoms with Crippen LogP contribution in [0.2, 0.25) is 0 Å². The Bertz CT molecular complexity index is 597. The first-order chi connectivity index (χ1) is 10.9. The minimum atomic E-state index is -4.60. The van der Waals surface area contributed by atoms with Gasteiger partial charge < -0.3 is 14.8 Å². The normalized spacial score (nSPS) is 13.1. The predicted octanol–water partition coefficient (Wildman–Crippen LogP) is 2.71. The predicted molar refractivity (Wildman–Crippen MR) is 78.1 cm³/mol. The molecule has 6 nitrogen and oxygen atoms in total. The number of hydrogen-bond acceptors (Lipinski definition) is 5. The molecule has 0 aliphatic rings. The van der Waals surface area contributed by atoms with Gasteiger partial charge in [0.2, 0.25) is 0 Å².